The molecule has 1 fully saturated rings. The summed E-state index contributed by atoms with van der Waals surface area (Å²) in [5, 5.41) is 2.61. The lowest BCUT2D eigenvalue weighted by atomic mass is 10.1. The molecular formula is C18H24N2O4. The number of hydrogen-bond acceptors (Lipinski definition) is 4. The Kier molecular flexibility index (Phi) is 5.95. The van der Waals surface area contributed by atoms with Crippen molar-refractivity contribution in [1.82, 2.24) is 10.2 Å². The van der Waals surface area contributed by atoms with Gasteiger partial charge in [0.2, 0.25) is 5.91 Å². The highest BCUT2D eigenvalue weighted by Crippen LogP contribution is 2.29. The number of amides is 2. The molecule has 1 aliphatic rings. The van der Waals surface area contributed by atoms with E-state index >= 15 is 0 Å². The first-order valence-electron chi connectivity index (χ1n) is 8.26. The Bertz CT molecular complexity index is 602. The van der Waals surface area contributed by atoms with Gasteiger partial charge in [-0.1, -0.05) is 30.3 Å². The summed E-state index contributed by atoms with van der Waals surface area (Å²) < 4.78 is 5.20. The van der Waals surface area contributed by atoms with Crippen LogP contribution in [-0.4, -0.2) is 41.9 Å². The van der Waals surface area contributed by atoms with Crippen molar-refractivity contribution in [2.24, 2.45) is 5.92 Å². The van der Waals surface area contributed by atoms with Gasteiger partial charge in [-0.25, -0.2) is 0 Å². The van der Waals surface area contributed by atoms with Crippen molar-refractivity contribution in [1.29, 1.82) is 0 Å². The zero-order valence-corrected chi connectivity index (χ0v) is 14.3. The van der Waals surface area contributed by atoms with Crippen molar-refractivity contribution >= 4 is 17.8 Å². The van der Waals surface area contributed by atoms with E-state index in [-0.39, 0.29) is 24.3 Å². The summed E-state index contributed by atoms with van der Waals surface area (Å²) in [5.74, 6) is -1.42. The number of likely N-dealkylation sites (N-methyl/N-ethyl adjacent to an activating group) is 1. The Hall–Kier alpha value is -2.37. The second-order valence-electron chi connectivity index (χ2n) is 6.01. The molecule has 6 heteroatoms. The van der Waals surface area contributed by atoms with E-state index in [0.29, 0.717) is 13.1 Å². The van der Waals surface area contributed by atoms with Crippen LogP contribution in [0.3, 0.4) is 0 Å². The summed E-state index contributed by atoms with van der Waals surface area (Å²) in [7, 11) is 0. The molecule has 0 bridgehead atoms. The Morgan fingerprint density at radius 1 is 1.29 bits per heavy atom. The molecular weight excluding hydrogens is 308 g/mol. The highest BCUT2D eigenvalue weighted by molar-refractivity contribution is 5.89. The van der Waals surface area contributed by atoms with Gasteiger partial charge in [0.05, 0.1) is 12.0 Å². The number of ether oxygens (including phenoxy) is 1. The van der Waals surface area contributed by atoms with Gasteiger partial charge < -0.3 is 15.0 Å². The van der Waals surface area contributed by atoms with Gasteiger partial charge in [0.1, 0.15) is 0 Å². The maximum atomic E-state index is 12.3. The van der Waals surface area contributed by atoms with Gasteiger partial charge in [0.25, 0.3) is 5.91 Å². The Morgan fingerprint density at radius 2 is 1.96 bits per heavy atom. The third-order valence-electron chi connectivity index (χ3n) is 4.25. The van der Waals surface area contributed by atoms with Gasteiger partial charge in [0, 0.05) is 19.5 Å². The van der Waals surface area contributed by atoms with E-state index < -0.39 is 18.0 Å². The smallest absolute Gasteiger partial charge is 0.312 e. The quantitative estimate of drug-likeness (QED) is 0.804. The van der Waals surface area contributed by atoms with Gasteiger partial charge >= 0.3 is 5.97 Å². The van der Waals surface area contributed by atoms with E-state index in [1.54, 1.807) is 11.8 Å². The van der Waals surface area contributed by atoms with Crippen molar-refractivity contribution in [2.75, 3.05) is 13.1 Å². The van der Waals surface area contributed by atoms with Crippen LogP contribution < -0.4 is 5.32 Å². The summed E-state index contributed by atoms with van der Waals surface area (Å²) in [5.41, 5.74) is 1.02. The van der Waals surface area contributed by atoms with E-state index in [1.807, 2.05) is 37.3 Å². The number of benzene rings is 1. The highest BCUT2D eigenvalue weighted by Gasteiger charge is 2.38. The molecule has 0 aromatic heterocycles. The summed E-state index contributed by atoms with van der Waals surface area (Å²) in [4.78, 5) is 37.8. The van der Waals surface area contributed by atoms with Crippen LogP contribution in [0.4, 0.5) is 0 Å². The first-order valence-corrected chi connectivity index (χ1v) is 8.26. The molecule has 6 nitrogen and oxygen atoms in total. The molecule has 1 aromatic carbocycles. The third kappa shape index (κ3) is 4.13. The molecule has 0 spiro atoms. The molecule has 130 valence electrons. The lowest BCUT2D eigenvalue weighted by molar-refractivity contribution is -0.158. The maximum Gasteiger partial charge on any atom is 0.312 e. The van der Waals surface area contributed by atoms with Crippen LogP contribution in [0.5, 0.6) is 0 Å². The normalized spacial score (nSPS) is 19.7. The van der Waals surface area contributed by atoms with Crippen molar-refractivity contribution in [3.63, 3.8) is 0 Å². The van der Waals surface area contributed by atoms with Crippen LogP contribution in [-0.2, 0) is 19.1 Å². The van der Waals surface area contributed by atoms with Gasteiger partial charge in [-0.2, -0.15) is 0 Å². The van der Waals surface area contributed by atoms with Gasteiger partial charge in [-0.3, -0.25) is 14.4 Å². The first-order chi connectivity index (χ1) is 11.4. The predicted octanol–water partition coefficient (Wildman–Crippen LogP) is 1.66. The number of likely N-dealkylation sites (tertiary alicyclic amines) is 1. The fourth-order valence-electron chi connectivity index (χ4n) is 2.82. The SMILES string of the molecule is CCNC(=O)[C@H](C)OC(=O)[C@H]1CC(=O)N([C@@H](C)c2ccccc2)C1. The fraction of sp³-hybridized carbons (Fsp3) is 0.500. The minimum absolute atomic E-state index is 0.0704. The number of esters is 1. The molecule has 0 unspecified atom stereocenters. The summed E-state index contributed by atoms with van der Waals surface area (Å²) in [6, 6.07) is 9.59. The molecule has 1 aliphatic heterocycles. The van der Waals surface area contributed by atoms with Crippen LogP contribution >= 0.6 is 0 Å². The second-order valence-corrected chi connectivity index (χ2v) is 6.01. The standard InChI is InChI=1S/C18H24N2O4/c1-4-19-17(22)13(3)24-18(23)15-10-16(21)20(11-15)12(2)14-8-6-5-7-9-14/h5-9,12-13,15H,4,10-11H2,1-3H3,(H,19,22)/t12-,13-,15-/m0/s1. The van der Waals surface area contributed by atoms with Crippen LogP contribution in [0, 0.1) is 5.92 Å². The number of rotatable bonds is 6. The van der Waals surface area contributed by atoms with Crippen molar-refractivity contribution in [2.45, 2.75) is 39.3 Å². The van der Waals surface area contributed by atoms with Crippen LogP contribution in [0.15, 0.2) is 30.3 Å². The number of nitrogens with zero attached hydrogens (tertiary/aromatic N) is 1. The summed E-state index contributed by atoms with van der Waals surface area (Å²) in [6.07, 6.45) is -0.730. The van der Waals surface area contributed by atoms with Crippen LogP contribution in [0.25, 0.3) is 0 Å². The van der Waals surface area contributed by atoms with E-state index in [2.05, 4.69) is 5.32 Å². The third-order valence-corrected chi connectivity index (χ3v) is 4.25. The minimum atomic E-state index is -0.854. The van der Waals surface area contributed by atoms with Gasteiger partial charge in [0.15, 0.2) is 6.10 Å². The largest absolute Gasteiger partial charge is 0.452 e. The van der Waals surface area contributed by atoms with Gasteiger partial charge in [-0.05, 0) is 26.3 Å². The van der Waals surface area contributed by atoms with E-state index in [9.17, 15) is 14.4 Å². The molecule has 24 heavy (non-hydrogen) atoms. The average molecular weight is 332 g/mol. The molecule has 2 amide bonds. The van der Waals surface area contributed by atoms with Crippen molar-refractivity contribution in [3.05, 3.63) is 35.9 Å². The summed E-state index contributed by atoms with van der Waals surface area (Å²) >= 11 is 0. The molecule has 0 aliphatic carbocycles. The lowest BCUT2D eigenvalue weighted by Gasteiger charge is -2.25. The van der Waals surface area contributed by atoms with Crippen LogP contribution in [0.2, 0.25) is 0 Å². The fourth-order valence-corrected chi connectivity index (χ4v) is 2.82. The maximum absolute atomic E-state index is 12.3. The molecule has 2 rings (SSSR count). The zero-order chi connectivity index (χ0) is 17.7. The van der Waals surface area contributed by atoms with E-state index in [1.165, 1.54) is 6.92 Å². The van der Waals surface area contributed by atoms with Crippen molar-refractivity contribution in [3.8, 4) is 0 Å². The van der Waals surface area contributed by atoms with E-state index in [0.717, 1.165) is 5.56 Å². The monoisotopic (exact) mass is 332 g/mol. The molecule has 0 radical (unpaired) electrons. The molecule has 1 N–H and O–H groups in total. The lowest BCUT2D eigenvalue weighted by Crippen LogP contribution is -2.37. The second kappa shape index (κ2) is 7.95. The predicted molar refractivity (Wildman–Crippen MR) is 88.9 cm³/mol. The van der Waals surface area contributed by atoms with Gasteiger partial charge in [-0.15, -0.1) is 0 Å². The number of nitrogens with one attached hydrogen (secondary N) is 1. The summed E-state index contributed by atoms with van der Waals surface area (Å²) in [6.45, 7) is 6.06. The van der Waals surface area contributed by atoms with E-state index in [4.69, 9.17) is 4.74 Å². The Labute approximate surface area is 142 Å². The minimum Gasteiger partial charge on any atom is -0.452 e. The Balaban J connectivity index is 1.96. The average Bonchev–Trinajstić information content (AvgIpc) is 2.97. The zero-order valence-electron chi connectivity index (χ0n) is 14.3. The van der Waals surface area contributed by atoms with Crippen molar-refractivity contribution < 1.29 is 19.1 Å². The molecule has 1 aromatic rings. The molecule has 1 heterocycles. The number of hydrogen-bond donors (Lipinski definition) is 1. The highest BCUT2D eigenvalue weighted by atomic mass is 16.5. The molecule has 1 saturated heterocycles. The van der Waals surface area contributed by atoms with Crippen LogP contribution in [0.1, 0.15) is 38.8 Å². The number of carbonyl (C=O) groups excluding carboxylic acids is 3. The first kappa shape index (κ1) is 18.0. The number of carbonyl (C=O) groups is 3. The topological polar surface area (TPSA) is 75.7 Å². The molecule has 3 atom stereocenters. The Morgan fingerprint density at radius 3 is 2.58 bits per heavy atom. The molecule has 0 saturated carbocycles.